The zero-order valence-electron chi connectivity index (χ0n) is 15.0. The van der Waals surface area contributed by atoms with Crippen LogP contribution in [0.3, 0.4) is 0 Å². The van der Waals surface area contributed by atoms with Gasteiger partial charge in [-0.1, -0.05) is 23.9 Å². The number of carbonyl (C=O) groups is 2. The summed E-state index contributed by atoms with van der Waals surface area (Å²) >= 11 is 1.36. The van der Waals surface area contributed by atoms with Crippen LogP contribution in [0, 0.1) is 19.8 Å². The lowest BCUT2D eigenvalue weighted by atomic mass is 9.97. The second-order valence-corrected chi connectivity index (χ2v) is 7.59. The van der Waals surface area contributed by atoms with Crippen LogP contribution in [0.5, 0.6) is 0 Å². The van der Waals surface area contributed by atoms with Gasteiger partial charge in [0.05, 0.1) is 17.4 Å². The van der Waals surface area contributed by atoms with E-state index in [0.29, 0.717) is 18.2 Å². The van der Waals surface area contributed by atoms with Gasteiger partial charge in [0, 0.05) is 13.1 Å². The number of primary amides is 1. The average Bonchev–Trinajstić information content (AvgIpc) is 3.10. The first-order valence-corrected chi connectivity index (χ1v) is 9.62. The molecule has 0 radical (unpaired) electrons. The van der Waals surface area contributed by atoms with E-state index in [1.807, 2.05) is 18.4 Å². The normalized spacial score (nSPS) is 17.3. The van der Waals surface area contributed by atoms with Crippen LogP contribution in [-0.4, -0.2) is 50.3 Å². The molecule has 2 amide bonds. The molecular formula is C18H23N5O2S. The number of nitrogens with two attached hydrogens (primary N) is 1. The summed E-state index contributed by atoms with van der Waals surface area (Å²) in [6.45, 7) is 5.16. The SMILES string of the molecule is Cc1ccc(C)c(-n2cnnc2SCC(=O)N2CCC[C@@H](C(N)=O)C2)c1. The van der Waals surface area contributed by atoms with Gasteiger partial charge in [0.25, 0.3) is 0 Å². The molecule has 1 fully saturated rings. The molecule has 26 heavy (non-hydrogen) atoms. The number of piperidine rings is 1. The zero-order chi connectivity index (χ0) is 18.7. The largest absolute Gasteiger partial charge is 0.369 e. The van der Waals surface area contributed by atoms with Gasteiger partial charge in [0.1, 0.15) is 6.33 Å². The summed E-state index contributed by atoms with van der Waals surface area (Å²) in [4.78, 5) is 25.6. The molecule has 1 aliphatic rings. The Labute approximate surface area is 157 Å². The van der Waals surface area contributed by atoms with Crippen LogP contribution in [0.1, 0.15) is 24.0 Å². The fraction of sp³-hybridized carbons (Fsp3) is 0.444. The van der Waals surface area contributed by atoms with Gasteiger partial charge < -0.3 is 10.6 Å². The van der Waals surface area contributed by atoms with Crippen LogP contribution < -0.4 is 5.73 Å². The van der Waals surface area contributed by atoms with E-state index in [1.165, 1.54) is 11.8 Å². The van der Waals surface area contributed by atoms with Crippen molar-refractivity contribution in [2.24, 2.45) is 11.7 Å². The molecule has 2 N–H and O–H groups in total. The summed E-state index contributed by atoms with van der Waals surface area (Å²) in [7, 11) is 0. The third-order valence-electron chi connectivity index (χ3n) is 4.64. The van der Waals surface area contributed by atoms with Gasteiger partial charge in [-0.15, -0.1) is 10.2 Å². The second kappa shape index (κ2) is 7.90. The summed E-state index contributed by atoms with van der Waals surface area (Å²) in [5.41, 5.74) is 8.66. The molecular weight excluding hydrogens is 350 g/mol. The highest BCUT2D eigenvalue weighted by Crippen LogP contribution is 2.24. The van der Waals surface area contributed by atoms with E-state index in [0.717, 1.165) is 29.7 Å². The first kappa shape index (κ1) is 18.4. The standard InChI is InChI=1S/C18H23N5O2S/c1-12-5-6-13(2)15(8-12)23-11-20-21-18(23)26-10-16(24)22-7-3-4-14(9-22)17(19)25/h5-6,8,11,14H,3-4,7,9-10H2,1-2H3,(H2,19,25)/t14-/m1/s1. The molecule has 0 bridgehead atoms. The molecule has 1 saturated heterocycles. The Balaban J connectivity index is 1.67. The lowest BCUT2D eigenvalue weighted by Gasteiger charge is -2.31. The van der Waals surface area contributed by atoms with Gasteiger partial charge in [-0.05, 0) is 43.9 Å². The highest BCUT2D eigenvalue weighted by atomic mass is 32.2. The lowest BCUT2D eigenvalue weighted by molar-refractivity contribution is -0.132. The summed E-state index contributed by atoms with van der Waals surface area (Å²) in [5, 5.41) is 8.83. The number of aryl methyl sites for hydroxylation is 2. The van der Waals surface area contributed by atoms with E-state index in [2.05, 4.69) is 28.4 Å². The second-order valence-electron chi connectivity index (χ2n) is 6.64. The van der Waals surface area contributed by atoms with Crippen molar-refractivity contribution in [3.8, 4) is 5.69 Å². The Morgan fingerprint density at radius 2 is 2.15 bits per heavy atom. The summed E-state index contributed by atoms with van der Waals surface area (Å²) in [5.74, 6) is -0.313. The first-order valence-electron chi connectivity index (χ1n) is 8.63. The number of thioether (sulfide) groups is 1. The Morgan fingerprint density at radius 1 is 1.35 bits per heavy atom. The minimum Gasteiger partial charge on any atom is -0.369 e. The molecule has 0 unspecified atom stereocenters. The molecule has 0 spiro atoms. The van der Waals surface area contributed by atoms with Crippen LogP contribution in [0.2, 0.25) is 0 Å². The number of carbonyl (C=O) groups excluding carboxylic acids is 2. The van der Waals surface area contributed by atoms with Crippen LogP contribution in [0.4, 0.5) is 0 Å². The van der Waals surface area contributed by atoms with Crippen molar-refractivity contribution in [1.82, 2.24) is 19.7 Å². The highest BCUT2D eigenvalue weighted by molar-refractivity contribution is 7.99. The lowest BCUT2D eigenvalue weighted by Crippen LogP contribution is -2.44. The number of amides is 2. The number of likely N-dealkylation sites (tertiary alicyclic amines) is 1. The van der Waals surface area contributed by atoms with Gasteiger partial charge in [0.15, 0.2) is 5.16 Å². The maximum atomic E-state index is 12.5. The number of rotatable bonds is 5. The third kappa shape index (κ3) is 4.07. The van der Waals surface area contributed by atoms with Gasteiger partial charge in [0.2, 0.25) is 11.8 Å². The molecule has 0 saturated carbocycles. The van der Waals surface area contributed by atoms with Crippen molar-refractivity contribution in [1.29, 1.82) is 0 Å². The van der Waals surface area contributed by atoms with E-state index >= 15 is 0 Å². The number of benzene rings is 1. The summed E-state index contributed by atoms with van der Waals surface area (Å²) < 4.78 is 1.91. The molecule has 1 aliphatic heterocycles. The molecule has 2 aromatic rings. The van der Waals surface area contributed by atoms with Gasteiger partial charge in [-0.2, -0.15) is 0 Å². The fourth-order valence-corrected chi connectivity index (χ4v) is 3.95. The van der Waals surface area contributed by atoms with Gasteiger partial charge in [-0.3, -0.25) is 14.2 Å². The van der Waals surface area contributed by atoms with E-state index in [4.69, 9.17) is 5.73 Å². The molecule has 2 heterocycles. The fourth-order valence-electron chi connectivity index (χ4n) is 3.12. The maximum Gasteiger partial charge on any atom is 0.233 e. The average molecular weight is 373 g/mol. The quantitative estimate of drug-likeness (QED) is 0.805. The van der Waals surface area contributed by atoms with E-state index < -0.39 is 0 Å². The predicted octanol–water partition coefficient (Wildman–Crippen LogP) is 1.70. The van der Waals surface area contributed by atoms with Crippen molar-refractivity contribution in [2.45, 2.75) is 31.8 Å². The molecule has 138 valence electrons. The van der Waals surface area contributed by atoms with E-state index in [9.17, 15) is 9.59 Å². The molecule has 8 heteroatoms. The maximum absolute atomic E-state index is 12.5. The third-order valence-corrected chi connectivity index (χ3v) is 5.57. The number of hydrogen-bond acceptors (Lipinski definition) is 5. The van der Waals surface area contributed by atoms with Crippen molar-refractivity contribution in [3.05, 3.63) is 35.7 Å². The molecule has 3 rings (SSSR count). The Morgan fingerprint density at radius 3 is 2.92 bits per heavy atom. The Hall–Kier alpha value is -2.35. The summed E-state index contributed by atoms with van der Waals surface area (Å²) in [6, 6.07) is 6.19. The van der Waals surface area contributed by atoms with Crippen molar-refractivity contribution >= 4 is 23.6 Å². The number of nitrogens with zero attached hydrogens (tertiary/aromatic N) is 4. The Bertz CT molecular complexity index is 820. The molecule has 1 aromatic heterocycles. The van der Waals surface area contributed by atoms with Crippen LogP contribution in [0.25, 0.3) is 5.69 Å². The van der Waals surface area contributed by atoms with Crippen molar-refractivity contribution in [3.63, 3.8) is 0 Å². The molecule has 0 aliphatic carbocycles. The van der Waals surface area contributed by atoms with E-state index in [-0.39, 0.29) is 23.5 Å². The topological polar surface area (TPSA) is 94.1 Å². The molecule has 1 atom stereocenters. The smallest absolute Gasteiger partial charge is 0.233 e. The summed E-state index contributed by atoms with van der Waals surface area (Å²) in [6.07, 6.45) is 3.23. The Kier molecular flexibility index (Phi) is 5.61. The van der Waals surface area contributed by atoms with Crippen LogP contribution in [-0.2, 0) is 9.59 Å². The minimum absolute atomic E-state index is 0.00327. The first-order chi connectivity index (χ1) is 12.5. The highest BCUT2D eigenvalue weighted by Gasteiger charge is 2.27. The number of aromatic nitrogens is 3. The predicted molar refractivity (Wildman–Crippen MR) is 100 cm³/mol. The van der Waals surface area contributed by atoms with E-state index in [1.54, 1.807) is 11.2 Å². The van der Waals surface area contributed by atoms with Crippen molar-refractivity contribution in [2.75, 3.05) is 18.8 Å². The minimum atomic E-state index is -0.329. The van der Waals surface area contributed by atoms with Gasteiger partial charge in [-0.25, -0.2) is 0 Å². The van der Waals surface area contributed by atoms with Crippen LogP contribution >= 0.6 is 11.8 Å². The van der Waals surface area contributed by atoms with Crippen LogP contribution in [0.15, 0.2) is 29.7 Å². The van der Waals surface area contributed by atoms with Crippen molar-refractivity contribution < 1.29 is 9.59 Å². The monoisotopic (exact) mass is 373 g/mol. The van der Waals surface area contributed by atoms with Gasteiger partial charge >= 0.3 is 0 Å². The molecule has 7 nitrogen and oxygen atoms in total. The molecule has 1 aromatic carbocycles. The zero-order valence-corrected chi connectivity index (χ0v) is 15.8. The number of hydrogen-bond donors (Lipinski definition) is 1.